The normalized spacial score (nSPS) is 15.0. The fourth-order valence-corrected chi connectivity index (χ4v) is 2.60. The van der Waals surface area contributed by atoms with Gasteiger partial charge in [0.05, 0.1) is 5.75 Å². The number of nitrogens with one attached hydrogen (secondary N) is 1. The zero-order valence-electron chi connectivity index (χ0n) is 16.2. The molecule has 1 rings (SSSR count). The van der Waals surface area contributed by atoms with Crippen molar-refractivity contribution < 1.29 is 17.8 Å². The predicted molar refractivity (Wildman–Crippen MR) is 104 cm³/mol. The Morgan fingerprint density at radius 3 is 2.42 bits per heavy atom. The second kappa shape index (κ2) is 8.77. The quantitative estimate of drug-likeness (QED) is 0.504. The van der Waals surface area contributed by atoms with Crippen molar-refractivity contribution in [1.82, 2.24) is 10.3 Å². The van der Waals surface area contributed by atoms with Crippen molar-refractivity contribution in [2.75, 3.05) is 12.3 Å². The van der Waals surface area contributed by atoms with E-state index in [1.54, 1.807) is 12.3 Å². The number of amides is 1. The standard InChI is InChI=1S/C19H30N2O4S/c1-6-18(3,4)9-10-19(5,7-2)15-8-11-20-16(14-15)17(22)21-12-13-26(23,24)25/h8-11,14H,6-7,12-13H2,1-5H3,(H,21,22)(H,23,24,25). The van der Waals surface area contributed by atoms with Crippen LogP contribution in [0.25, 0.3) is 0 Å². The smallest absolute Gasteiger partial charge is 0.269 e. The molecule has 0 fully saturated rings. The van der Waals surface area contributed by atoms with Crippen LogP contribution in [0.5, 0.6) is 0 Å². The van der Waals surface area contributed by atoms with Crippen molar-refractivity contribution >= 4 is 16.0 Å². The second-order valence-corrected chi connectivity index (χ2v) is 8.99. The fraction of sp³-hybridized carbons (Fsp3) is 0.579. The van der Waals surface area contributed by atoms with E-state index in [9.17, 15) is 13.2 Å². The first kappa shape index (κ1) is 22.3. The summed E-state index contributed by atoms with van der Waals surface area (Å²) in [7, 11) is -4.11. The van der Waals surface area contributed by atoms with Gasteiger partial charge in [-0.25, -0.2) is 0 Å². The summed E-state index contributed by atoms with van der Waals surface area (Å²) in [5.74, 6) is -0.994. The van der Waals surface area contributed by atoms with E-state index < -0.39 is 21.8 Å². The van der Waals surface area contributed by atoms with Gasteiger partial charge in [-0.3, -0.25) is 14.3 Å². The van der Waals surface area contributed by atoms with Crippen LogP contribution in [0.4, 0.5) is 0 Å². The average molecular weight is 383 g/mol. The minimum Gasteiger partial charge on any atom is -0.350 e. The lowest BCUT2D eigenvalue weighted by molar-refractivity contribution is 0.0951. The van der Waals surface area contributed by atoms with Crippen LogP contribution in [0, 0.1) is 5.41 Å². The summed E-state index contributed by atoms with van der Waals surface area (Å²) in [6.07, 6.45) is 7.87. The Hall–Kier alpha value is -1.73. The van der Waals surface area contributed by atoms with Crippen LogP contribution in [-0.4, -0.2) is 36.2 Å². The van der Waals surface area contributed by atoms with E-state index in [-0.39, 0.29) is 23.1 Å². The number of hydrogen-bond donors (Lipinski definition) is 2. The van der Waals surface area contributed by atoms with Gasteiger partial charge in [-0.2, -0.15) is 8.42 Å². The lowest BCUT2D eigenvalue weighted by Gasteiger charge is -2.28. The van der Waals surface area contributed by atoms with Gasteiger partial charge in [0.1, 0.15) is 5.69 Å². The molecule has 1 aromatic rings. The summed E-state index contributed by atoms with van der Waals surface area (Å²) >= 11 is 0. The molecule has 0 bridgehead atoms. The molecular formula is C19H30N2O4S. The molecule has 0 saturated carbocycles. The van der Waals surface area contributed by atoms with E-state index in [0.29, 0.717) is 0 Å². The van der Waals surface area contributed by atoms with Gasteiger partial charge in [0.2, 0.25) is 0 Å². The third-order valence-corrected chi connectivity index (χ3v) is 5.57. The highest BCUT2D eigenvalue weighted by atomic mass is 32.2. The first-order valence-electron chi connectivity index (χ1n) is 8.83. The molecule has 1 amide bonds. The third kappa shape index (κ3) is 6.88. The number of aromatic nitrogens is 1. The SMILES string of the molecule is CCC(C)(C)C=CC(C)(CC)c1ccnc(C(=O)NCCS(=O)(=O)O)c1. The van der Waals surface area contributed by atoms with Crippen LogP contribution < -0.4 is 5.32 Å². The Kier molecular flexibility index (Phi) is 7.53. The highest BCUT2D eigenvalue weighted by Crippen LogP contribution is 2.32. The van der Waals surface area contributed by atoms with Crippen molar-refractivity contribution in [3.63, 3.8) is 0 Å². The first-order chi connectivity index (χ1) is 11.9. The van der Waals surface area contributed by atoms with E-state index in [1.807, 2.05) is 6.07 Å². The molecule has 6 nitrogen and oxygen atoms in total. The van der Waals surface area contributed by atoms with Crippen LogP contribution >= 0.6 is 0 Å². The van der Waals surface area contributed by atoms with Crippen LogP contribution in [0.3, 0.4) is 0 Å². The molecule has 2 N–H and O–H groups in total. The number of allylic oxidation sites excluding steroid dienone is 2. The number of pyridine rings is 1. The number of rotatable bonds is 9. The topological polar surface area (TPSA) is 96.4 Å². The van der Waals surface area contributed by atoms with Crippen LogP contribution in [0.1, 0.15) is 63.5 Å². The Bertz CT molecular complexity index is 757. The van der Waals surface area contributed by atoms with E-state index in [1.165, 1.54) is 0 Å². The molecule has 0 spiro atoms. The highest BCUT2D eigenvalue weighted by Gasteiger charge is 2.24. The van der Waals surface area contributed by atoms with E-state index >= 15 is 0 Å². The van der Waals surface area contributed by atoms with Gasteiger partial charge in [0, 0.05) is 18.2 Å². The molecule has 146 valence electrons. The van der Waals surface area contributed by atoms with Gasteiger partial charge in [0.25, 0.3) is 16.0 Å². The molecule has 1 atom stereocenters. The van der Waals surface area contributed by atoms with Crippen molar-refractivity contribution in [3.05, 3.63) is 41.7 Å². The molecular weight excluding hydrogens is 352 g/mol. The van der Waals surface area contributed by atoms with Gasteiger partial charge in [-0.15, -0.1) is 0 Å². The Morgan fingerprint density at radius 2 is 1.88 bits per heavy atom. The van der Waals surface area contributed by atoms with Gasteiger partial charge in [-0.05, 0) is 36.0 Å². The van der Waals surface area contributed by atoms with Crippen molar-refractivity contribution in [2.45, 2.75) is 52.9 Å². The minimum absolute atomic E-state index is 0.0967. The molecule has 0 radical (unpaired) electrons. The maximum atomic E-state index is 12.2. The predicted octanol–water partition coefficient (Wildman–Crippen LogP) is 3.36. The Balaban J connectivity index is 3.00. The Labute approximate surface area is 156 Å². The van der Waals surface area contributed by atoms with Crippen molar-refractivity contribution in [3.8, 4) is 0 Å². The monoisotopic (exact) mass is 382 g/mol. The number of nitrogens with zero attached hydrogens (tertiary/aromatic N) is 1. The van der Waals surface area contributed by atoms with Crippen molar-refractivity contribution in [1.29, 1.82) is 0 Å². The largest absolute Gasteiger partial charge is 0.350 e. The summed E-state index contributed by atoms with van der Waals surface area (Å²) in [5.41, 5.74) is 1.05. The molecule has 1 heterocycles. The van der Waals surface area contributed by atoms with Gasteiger partial charge < -0.3 is 5.32 Å². The molecule has 0 saturated heterocycles. The molecule has 0 aromatic carbocycles. The average Bonchev–Trinajstić information content (AvgIpc) is 2.58. The number of hydrogen-bond acceptors (Lipinski definition) is 4. The maximum Gasteiger partial charge on any atom is 0.269 e. The zero-order valence-corrected chi connectivity index (χ0v) is 17.1. The van der Waals surface area contributed by atoms with E-state index in [4.69, 9.17) is 4.55 Å². The van der Waals surface area contributed by atoms with Crippen LogP contribution in [0.15, 0.2) is 30.5 Å². The summed E-state index contributed by atoms with van der Waals surface area (Å²) < 4.78 is 30.2. The first-order valence-corrected chi connectivity index (χ1v) is 10.4. The molecule has 7 heteroatoms. The lowest BCUT2D eigenvalue weighted by atomic mass is 9.77. The number of carbonyl (C=O) groups excluding carboxylic acids is 1. The summed E-state index contributed by atoms with van der Waals surface area (Å²) in [6.45, 7) is 10.6. The van der Waals surface area contributed by atoms with Gasteiger partial charge in [-0.1, -0.05) is 46.8 Å². The second-order valence-electron chi connectivity index (χ2n) is 7.42. The molecule has 0 aliphatic carbocycles. The molecule has 1 aromatic heterocycles. The minimum atomic E-state index is -4.11. The van der Waals surface area contributed by atoms with E-state index in [0.717, 1.165) is 18.4 Å². The Morgan fingerprint density at radius 1 is 1.23 bits per heavy atom. The third-order valence-electron chi connectivity index (χ3n) is 4.85. The summed E-state index contributed by atoms with van der Waals surface area (Å²) in [5, 5.41) is 2.46. The van der Waals surface area contributed by atoms with Gasteiger partial charge in [0.15, 0.2) is 0 Å². The molecule has 1 unspecified atom stereocenters. The summed E-state index contributed by atoms with van der Waals surface area (Å²) in [6, 6.07) is 3.62. The molecule has 0 aliphatic rings. The van der Waals surface area contributed by atoms with E-state index in [2.05, 4.69) is 57.1 Å². The van der Waals surface area contributed by atoms with Crippen LogP contribution in [-0.2, 0) is 15.5 Å². The molecule has 26 heavy (non-hydrogen) atoms. The molecule has 0 aliphatic heterocycles. The van der Waals surface area contributed by atoms with Crippen molar-refractivity contribution in [2.24, 2.45) is 5.41 Å². The summed E-state index contributed by atoms with van der Waals surface area (Å²) in [4.78, 5) is 16.3. The highest BCUT2D eigenvalue weighted by molar-refractivity contribution is 7.85. The van der Waals surface area contributed by atoms with Crippen LogP contribution in [0.2, 0.25) is 0 Å². The zero-order chi connectivity index (χ0) is 20.0. The van der Waals surface area contributed by atoms with Gasteiger partial charge >= 0.3 is 0 Å². The number of carbonyl (C=O) groups is 1. The lowest BCUT2D eigenvalue weighted by Crippen LogP contribution is -2.30. The fourth-order valence-electron chi connectivity index (χ4n) is 2.24. The maximum absolute atomic E-state index is 12.2.